The summed E-state index contributed by atoms with van der Waals surface area (Å²) in [6, 6.07) is 10.1. The first-order chi connectivity index (χ1) is 17.1. The number of nitrogens with one attached hydrogen (secondary N) is 4. The van der Waals surface area contributed by atoms with Crippen molar-refractivity contribution >= 4 is 40.0 Å². The topological polar surface area (TPSA) is 99.3 Å². The Bertz CT molecular complexity index is 1070. The summed E-state index contributed by atoms with van der Waals surface area (Å²) < 4.78 is 5.41. The summed E-state index contributed by atoms with van der Waals surface area (Å²) in [4.78, 5) is 16.3. The van der Waals surface area contributed by atoms with E-state index in [9.17, 15) is 0 Å². The summed E-state index contributed by atoms with van der Waals surface area (Å²) in [6.07, 6.45) is 3.69. The summed E-state index contributed by atoms with van der Waals surface area (Å²) in [6.45, 7) is 12.8. The van der Waals surface area contributed by atoms with Crippen molar-refractivity contribution in [1.29, 1.82) is 0 Å². The molecule has 2 fully saturated rings. The summed E-state index contributed by atoms with van der Waals surface area (Å²) in [7, 11) is 0. The smallest absolute Gasteiger partial charge is 0.141 e. The van der Waals surface area contributed by atoms with Crippen molar-refractivity contribution in [3.05, 3.63) is 48.4 Å². The highest BCUT2D eigenvalue weighted by Crippen LogP contribution is 2.26. The molecule has 9 nitrogen and oxygen atoms in total. The highest BCUT2D eigenvalue weighted by atomic mass is 32.2. The molecule has 10 heteroatoms. The molecule has 5 rings (SSSR count). The Kier molecular flexibility index (Phi) is 9.11. The van der Waals surface area contributed by atoms with E-state index in [0.29, 0.717) is 11.3 Å². The van der Waals surface area contributed by atoms with Gasteiger partial charge < -0.3 is 15.4 Å². The van der Waals surface area contributed by atoms with Gasteiger partial charge in [-0.05, 0) is 36.2 Å². The lowest BCUT2D eigenvalue weighted by atomic mass is 10.2. The normalized spacial score (nSPS) is 20.5. The van der Waals surface area contributed by atoms with Crippen molar-refractivity contribution < 1.29 is 4.74 Å². The van der Waals surface area contributed by atoms with Crippen LogP contribution in [0, 0.1) is 5.92 Å². The highest BCUT2D eigenvalue weighted by Gasteiger charge is 2.26. The van der Waals surface area contributed by atoms with Gasteiger partial charge in [-0.1, -0.05) is 39.5 Å². The van der Waals surface area contributed by atoms with Gasteiger partial charge in [0.25, 0.3) is 0 Å². The first kappa shape index (κ1) is 25.6. The molecule has 35 heavy (non-hydrogen) atoms. The van der Waals surface area contributed by atoms with Gasteiger partial charge in [-0.3, -0.25) is 14.9 Å². The molecule has 2 aliphatic heterocycles. The molecule has 2 aliphatic rings. The molecule has 3 aromatic rings. The van der Waals surface area contributed by atoms with Crippen LogP contribution < -0.4 is 21.5 Å². The molecule has 0 spiro atoms. The molecule has 0 amide bonds. The van der Waals surface area contributed by atoms with Crippen molar-refractivity contribution in [2.24, 2.45) is 5.92 Å². The Morgan fingerprint density at radius 1 is 1.03 bits per heavy atom. The van der Waals surface area contributed by atoms with Crippen LogP contribution in [0.15, 0.2) is 42.7 Å². The number of pyridine rings is 3. The minimum absolute atomic E-state index is 0.0682. The molecular formula is C25H36N8OS. The summed E-state index contributed by atoms with van der Waals surface area (Å²) in [5, 5.41) is 7.20. The van der Waals surface area contributed by atoms with Gasteiger partial charge in [0.2, 0.25) is 0 Å². The standard InChI is InChI=1S/C23H30N8OS.C2H6/c1-15(2)22-29-30-23(33-22)28-21-6-5-19-20(27-21)11-18(13-25-19)26-16-3-4-17(24-12-16)14-31-7-9-32-10-8-31;1-2/h3-6,11-13,15,22-23,26,29-30H,7-10,14H2,1-2H3,(H,27,28);1-2H3. The Morgan fingerprint density at radius 2 is 1.83 bits per heavy atom. The Labute approximate surface area is 211 Å². The lowest BCUT2D eigenvalue weighted by Gasteiger charge is -2.26. The van der Waals surface area contributed by atoms with E-state index in [0.717, 1.165) is 66.8 Å². The van der Waals surface area contributed by atoms with Crippen molar-refractivity contribution in [3.63, 3.8) is 0 Å². The van der Waals surface area contributed by atoms with Gasteiger partial charge in [0.1, 0.15) is 11.3 Å². The van der Waals surface area contributed by atoms with Crippen LogP contribution in [0.3, 0.4) is 0 Å². The average Bonchev–Trinajstić information content (AvgIpc) is 3.36. The molecule has 2 saturated heterocycles. The van der Waals surface area contributed by atoms with E-state index in [2.05, 4.69) is 62.3 Å². The van der Waals surface area contributed by atoms with Crippen molar-refractivity contribution in [2.45, 2.75) is 45.1 Å². The molecule has 0 radical (unpaired) electrons. The maximum absolute atomic E-state index is 5.41. The molecule has 188 valence electrons. The number of fused-ring (bicyclic) bond motifs is 1. The second kappa shape index (κ2) is 12.5. The molecule has 3 aromatic heterocycles. The molecule has 0 saturated carbocycles. The van der Waals surface area contributed by atoms with Gasteiger partial charge >= 0.3 is 0 Å². The number of morpholine rings is 1. The average molecular weight is 497 g/mol. The van der Waals surface area contributed by atoms with Crippen LogP contribution in [0.1, 0.15) is 33.4 Å². The first-order valence-corrected chi connectivity index (χ1v) is 13.3. The number of thioether (sulfide) groups is 1. The maximum Gasteiger partial charge on any atom is 0.141 e. The van der Waals surface area contributed by atoms with Crippen LogP contribution in [-0.4, -0.2) is 57.0 Å². The molecule has 4 N–H and O–H groups in total. The molecular weight excluding hydrogens is 460 g/mol. The van der Waals surface area contributed by atoms with E-state index < -0.39 is 0 Å². The lowest BCUT2D eigenvalue weighted by Crippen LogP contribution is -2.38. The minimum atomic E-state index is 0.0682. The van der Waals surface area contributed by atoms with Gasteiger partial charge in [-0.2, -0.15) is 0 Å². The lowest BCUT2D eigenvalue weighted by molar-refractivity contribution is 0.0336. The molecule has 0 bridgehead atoms. The van der Waals surface area contributed by atoms with Crippen molar-refractivity contribution in [3.8, 4) is 0 Å². The van der Waals surface area contributed by atoms with Crippen LogP contribution in [0.2, 0.25) is 0 Å². The largest absolute Gasteiger partial charge is 0.379 e. The van der Waals surface area contributed by atoms with Gasteiger partial charge in [0.05, 0.1) is 59.1 Å². The third kappa shape index (κ3) is 7.02. The molecule has 2 atom stereocenters. The highest BCUT2D eigenvalue weighted by molar-refractivity contribution is 8.00. The first-order valence-electron chi connectivity index (χ1n) is 12.3. The number of hydrogen-bond acceptors (Lipinski definition) is 10. The van der Waals surface area contributed by atoms with E-state index >= 15 is 0 Å². The number of aromatic nitrogens is 3. The van der Waals surface area contributed by atoms with E-state index in [4.69, 9.17) is 9.72 Å². The number of hydrazine groups is 1. The van der Waals surface area contributed by atoms with Crippen LogP contribution in [0.25, 0.3) is 11.0 Å². The summed E-state index contributed by atoms with van der Waals surface area (Å²) >= 11 is 1.82. The van der Waals surface area contributed by atoms with Crippen LogP contribution in [0.5, 0.6) is 0 Å². The monoisotopic (exact) mass is 496 g/mol. The zero-order chi connectivity index (χ0) is 24.6. The van der Waals surface area contributed by atoms with Crippen LogP contribution in [-0.2, 0) is 11.3 Å². The van der Waals surface area contributed by atoms with E-state index in [1.54, 1.807) is 0 Å². The fourth-order valence-electron chi connectivity index (χ4n) is 3.80. The van der Waals surface area contributed by atoms with Gasteiger partial charge in [-0.25, -0.2) is 15.8 Å². The predicted octanol–water partition coefficient (Wildman–Crippen LogP) is 4.15. The Balaban J connectivity index is 0.00000141. The fourth-order valence-corrected chi connectivity index (χ4v) is 4.87. The van der Waals surface area contributed by atoms with Crippen LogP contribution in [0.4, 0.5) is 17.2 Å². The summed E-state index contributed by atoms with van der Waals surface area (Å²) in [5.41, 5.74) is 11.2. The van der Waals surface area contributed by atoms with Gasteiger partial charge in [-0.15, -0.1) is 0 Å². The third-order valence-corrected chi connectivity index (χ3v) is 7.13. The number of hydrogen-bond donors (Lipinski definition) is 4. The fraction of sp³-hybridized carbons (Fsp3) is 0.480. The summed E-state index contributed by atoms with van der Waals surface area (Å²) in [5.74, 6) is 1.35. The predicted molar refractivity (Wildman–Crippen MR) is 144 cm³/mol. The Morgan fingerprint density at radius 3 is 2.54 bits per heavy atom. The quantitative estimate of drug-likeness (QED) is 0.382. The van der Waals surface area contributed by atoms with Gasteiger partial charge in [0, 0.05) is 19.6 Å². The molecule has 5 heterocycles. The van der Waals surface area contributed by atoms with Gasteiger partial charge in [0.15, 0.2) is 0 Å². The number of ether oxygens (including phenoxy) is 1. The van der Waals surface area contributed by atoms with Crippen molar-refractivity contribution in [1.82, 2.24) is 30.7 Å². The molecule has 0 aromatic carbocycles. The maximum atomic E-state index is 5.41. The van der Waals surface area contributed by atoms with Crippen LogP contribution >= 0.6 is 11.8 Å². The van der Waals surface area contributed by atoms with E-state index in [1.807, 2.05) is 56.2 Å². The molecule has 2 unspecified atom stereocenters. The van der Waals surface area contributed by atoms with Crippen molar-refractivity contribution in [2.75, 3.05) is 36.9 Å². The second-order valence-electron chi connectivity index (χ2n) is 8.62. The SMILES string of the molecule is CC.CC(C)C1NNC(Nc2ccc3ncc(Nc4ccc(CN5CCOCC5)nc4)cc3n2)S1. The number of anilines is 3. The van der Waals surface area contributed by atoms with E-state index in [-0.39, 0.29) is 5.50 Å². The van der Waals surface area contributed by atoms with E-state index in [1.165, 1.54) is 0 Å². The third-order valence-electron chi connectivity index (χ3n) is 5.66. The minimum Gasteiger partial charge on any atom is -0.379 e. The number of rotatable bonds is 7. The number of nitrogens with zero attached hydrogens (tertiary/aromatic N) is 4. The molecule has 0 aliphatic carbocycles. The zero-order valence-corrected chi connectivity index (χ0v) is 21.7. The zero-order valence-electron chi connectivity index (χ0n) is 20.9. The second-order valence-corrected chi connectivity index (χ2v) is 9.88. The Hall–Kier alpha value is -2.50.